The highest BCUT2D eigenvalue weighted by Crippen LogP contribution is 2.34. The van der Waals surface area contributed by atoms with E-state index in [1.54, 1.807) is 30.3 Å². The Kier molecular flexibility index (Phi) is 7.74. The lowest BCUT2D eigenvalue weighted by Crippen LogP contribution is -2.49. The first-order chi connectivity index (χ1) is 18.4. The standard InChI is InChI=1S/C28H25Cl2N5O3/c29-21-8-6-20(7-9-21)26(23-11-10-22(16-24(23)30)35-28(38)32-25(36)17-31-35)27(37)34-14-12-33(13-15-34)18-19-4-2-1-3-5-19/h1-11,16-17,26H,12-15,18H2,(H,32,36,38). The van der Waals surface area contributed by atoms with E-state index in [2.05, 4.69) is 27.1 Å². The van der Waals surface area contributed by atoms with Crippen molar-refractivity contribution >= 4 is 29.1 Å². The van der Waals surface area contributed by atoms with Crippen molar-refractivity contribution in [2.24, 2.45) is 0 Å². The molecule has 4 aromatic rings. The van der Waals surface area contributed by atoms with Crippen LogP contribution in [-0.4, -0.2) is 56.7 Å². The summed E-state index contributed by atoms with van der Waals surface area (Å²) in [5, 5.41) is 4.76. The van der Waals surface area contributed by atoms with Gasteiger partial charge in [-0.2, -0.15) is 9.78 Å². The molecule has 1 fully saturated rings. The number of aromatic nitrogens is 3. The molecule has 1 aliphatic heterocycles. The van der Waals surface area contributed by atoms with E-state index in [1.807, 2.05) is 35.2 Å². The lowest BCUT2D eigenvalue weighted by atomic mass is 9.89. The maximum absolute atomic E-state index is 14.0. The van der Waals surface area contributed by atoms with Gasteiger partial charge in [-0.15, -0.1) is 0 Å². The Morgan fingerprint density at radius 2 is 1.63 bits per heavy atom. The third-order valence-corrected chi connectivity index (χ3v) is 7.22. The molecule has 1 amide bonds. The van der Waals surface area contributed by atoms with Gasteiger partial charge in [0.15, 0.2) is 0 Å². The highest BCUT2D eigenvalue weighted by atomic mass is 35.5. The van der Waals surface area contributed by atoms with E-state index in [4.69, 9.17) is 23.2 Å². The topological polar surface area (TPSA) is 91.3 Å². The molecule has 8 nitrogen and oxygen atoms in total. The molecule has 1 unspecified atom stereocenters. The molecular formula is C28H25Cl2N5O3. The number of nitrogens with one attached hydrogen (secondary N) is 1. The van der Waals surface area contributed by atoms with Crippen LogP contribution in [0.2, 0.25) is 10.0 Å². The minimum atomic E-state index is -0.681. The number of amides is 1. The van der Waals surface area contributed by atoms with Crippen molar-refractivity contribution in [3.8, 4) is 5.69 Å². The van der Waals surface area contributed by atoms with Gasteiger partial charge in [0.25, 0.3) is 5.56 Å². The molecule has 0 aliphatic carbocycles. The van der Waals surface area contributed by atoms with Crippen LogP contribution >= 0.6 is 23.2 Å². The smallest absolute Gasteiger partial charge is 0.339 e. The largest absolute Gasteiger partial charge is 0.349 e. The molecule has 1 N–H and O–H groups in total. The molecule has 1 atom stereocenters. The molecule has 2 heterocycles. The summed E-state index contributed by atoms with van der Waals surface area (Å²) < 4.78 is 1.04. The van der Waals surface area contributed by atoms with Crippen LogP contribution in [0.5, 0.6) is 0 Å². The number of nitrogens with zero attached hydrogens (tertiary/aromatic N) is 4. The zero-order chi connectivity index (χ0) is 26.6. The van der Waals surface area contributed by atoms with Crippen molar-refractivity contribution in [3.05, 3.63) is 127 Å². The summed E-state index contributed by atoms with van der Waals surface area (Å²) in [5.41, 5.74) is 1.71. The average Bonchev–Trinajstić information content (AvgIpc) is 2.92. The summed E-state index contributed by atoms with van der Waals surface area (Å²) >= 11 is 12.8. The number of carbonyl (C=O) groups excluding carboxylic acids is 1. The first-order valence-corrected chi connectivity index (χ1v) is 12.9. The fourth-order valence-corrected chi connectivity index (χ4v) is 5.09. The molecule has 1 saturated heterocycles. The summed E-state index contributed by atoms with van der Waals surface area (Å²) in [6.45, 7) is 3.57. The zero-order valence-corrected chi connectivity index (χ0v) is 21.9. The van der Waals surface area contributed by atoms with Gasteiger partial charge in [-0.25, -0.2) is 4.79 Å². The number of piperazine rings is 1. The summed E-state index contributed by atoms with van der Waals surface area (Å²) in [5.74, 6) is -0.713. The highest BCUT2D eigenvalue weighted by Gasteiger charge is 2.31. The molecular weight excluding hydrogens is 525 g/mol. The second-order valence-electron chi connectivity index (χ2n) is 9.13. The maximum atomic E-state index is 14.0. The fraction of sp³-hybridized carbons (Fsp3) is 0.214. The van der Waals surface area contributed by atoms with Gasteiger partial charge in [-0.3, -0.25) is 19.5 Å². The first-order valence-electron chi connectivity index (χ1n) is 12.2. The molecule has 1 aromatic heterocycles. The van der Waals surface area contributed by atoms with Crippen LogP contribution in [0.3, 0.4) is 0 Å². The normalized spacial score (nSPS) is 14.8. The number of benzene rings is 3. The van der Waals surface area contributed by atoms with Crippen LogP contribution in [0, 0.1) is 0 Å². The van der Waals surface area contributed by atoms with Crippen molar-refractivity contribution in [1.82, 2.24) is 24.6 Å². The van der Waals surface area contributed by atoms with E-state index in [9.17, 15) is 14.4 Å². The Balaban J connectivity index is 1.41. The Bertz CT molecular complexity index is 1550. The third-order valence-electron chi connectivity index (χ3n) is 6.64. The van der Waals surface area contributed by atoms with Crippen molar-refractivity contribution in [1.29, 1.82) is 0 Å². The molecule has 10 heteroatoms. The number of carbonyl (C=O) groups is 1. The van der Waals surface area contributed by atoms with Gasteiger partial charge in [0, 0.05) is 42.8 Å². The number of H-pyrrole nitrogens is 1. The predicted octanol–water partition coefficient (Wildman–Crippen LogP) is 3.70. The van der Waals surface area contributed by atoms with Crippen molar-refractivity contribution in [2.75, 3.05) is 26.2 Å². The van der Waals surface area contributed by atoms with Crippen LogP contribution in [0.25, 0.3) is 5.69 Å². The van der Waals surface area contributed by atoms with Gasteiger partial charge in [0.05, 0.1) is 11.6 Å². The van der Waals surface area contributed by atoms with E-state index in [0.29, 0.717) is 34.4 Å². The van der Waals surface area contributed by atoms with Crippen molar-refractivity contribution < 1.29 is 4.79 Å². The van der Waals surface area contributed by atoms with Crippen molar-refractivity contribution in [3.63, 3.8) is 0 Å². The van der Waals surface area contributed by atoms with E-state index in [1.165, 1.54) is 5.56 Å². The van der Waals surface area contributed by atoms with E-state index in [-0.39, 0.29) is 5.91 Å². The average molecular weight is 550 g/mol. The number of hydrogen-bond acceptors (Lipinski definition) is 5. The van der Waals surface area contributed by atoms with Crippen LogP contribution in [0.1, 0.15) is 22.6 Å². The molecule has 0 saturated carbocycles. The molecule has 194 valence electrons. The second kappa shape index (κ2) is 11.3. The SMILES string of the molecule is O=C(C(c1ccc(Cl)cc1)c1ccc(-n2ncc(=O)[nH]c2=O)cc1Cl)N1CCN(Cc2ccccc2)CC1. The van der Waals surface area contributed by atoms with Gasteiger partial charge in [-0.05, 0) is 41.0 Å². The Labute approximate surface area is 229 Å². The lowest BCUT2D eigenvalue weighted by molar-refractivity contribution is -0.133. The van der Waals surface area contributed by atoms with Crippen LogP contribution in [0.4, 0.5) is 0 Å². The number of aromatic amines is 1. The second-order valence-corrected chi connectivity index (χ2v) is 9.97. The lowest BCUT2D eigenvalue weighted by Gasteiger charge is -2.37. The Morgan fingerprint density at radius 1 is 0.921 bits per heavy atom. The van der Waals surface area contributed by atoms with Gasteiger partial charge >= 0.3 is 5.69 Å². The number of rotatable bonds is 6. The van der Waals surface area contributed by atoms with Crippen LogP contribution < -0.4 is 11.2 Å². The highest BCUT2D eigenvalue weighted by molar-refractivity contribution is 6.32. The van der Waals surface area contributed by atoms with Crippen LogP contribution in [-0.2, 0) is 11.3 Å². The van der Waals surface area contributed by atoms with Crippen LogP contribution in [0.15, 0.2) is 88.6 Å². The first kappa shape index (κ1) is 25.9. The van der Waals surface area contributed by atoms with Crippen molar-refractivity contribution in [2.45, 2.75) is 12.5 Å². The number of halogens is 2. The van der Waals surface area contributed by atoms with Gasteiger partial charge in [0.2, 0.25) is 5.91 Å². The Morgan fingerprint density at radius 3 is 2.29 bits per heavy atom. The quantitative estimate of drug-likeness (QED) is 0.396. The molecule has 5 rings (SSSR count). The van der Waals surface area contributed by atoms with Gasteiger partial charge < -0.3 is 4.90 Å². The predicted molar refractivity (Wildman–Crippen MR) is 147 cm³/mol. The van der Waals surface area contributed by atoms with E-state index >= 15 is 0 Å². The van der Waals surface area contributed by atoms with E-state index in [0.717, 1.165) is 36.1 Å². The molecule has 0 bridgehead atoms. The molecule has 0 radical (unpaired) electrons. The summed E-state index contributed by atoms with van der Waals surface area (Å²) in [7, 11) is 0. The fourth-order valence-electron chi connectivity index (χ4n) is 4.68. The minimum Gasteiger partial charge on any atom is -0.339 e. The molecule has 0 spiro atoms. The summed E-state index contributed by atoms with van der Waals surface area (Å²) in [4.78, 5) is 43.9. The molecule has 38 heavy (non-hydrogen) atoms. The summed E-state index contributed by atoms with van der Waals surface area (Å²) in [6.07, 6.45) is 1.01. The zero-order valence-electron chi connectivity index (χ0n) is 20.4. The monoisotopic (exact) mass is 549 g/mol. The third kappa shape index (κ3) is 5.72. The summed E-state index contributed by atoms with van der Waals surface area (Å²) in [6, 6.07) is 22.4. The van der Waals surface area contributed by atoms with E-state index < -0.39 is 17.2 Å². The minimum absolute atomic E-state index is 0.0549. The molecule has 3 aromatic carbocycles. The number of hydrogen-bond donors (Lipinski definition) is 1. The van der Waals surface area contributed by atoms with Gasteiger partial charge in [-0.1, -0.05) is 71.7 Å². The van der Waals surface area contributed by atoms with Gasteiger partial charge in [0.1, 0.15) is 6.20 Å². The maximum Gasteiger partial charge on any atom is 0.349 e. The Hall–Kier alpha value is -3.72. The molecule has 1 aliphatic rings.